The Hall–Kier alpha value is -0.610. The van der Waals surface area contributed by atoms with Crippen molar-refractivity contribution >= 4 is 5.91 Å². The number of carbonyl (C=O) groups is 1. The van der Waals surface area contributed by atoms with Gasteiger partial charge in [0, 0.05) is 13.7 Å². The van der Waals surface area contributed by atoms with Crippen molar-refractivity contribution in [3.05, 3.63) is 0 Å². The molecule has 0 bridgehead atoms. The minimum absolute atomic E-state index is 0.141. The van der Waals surface area contributed by atoms with E-state index in [1.165, 1.54) is 0 Å². The molecule has 0 aromatic carbocycles. The van der Waals surface area contributed by atoms with Gasteiger partial charge in [-0.25, -0.2) is 0 Å². The molecule has 4 heteroatoms. The van der Waals surface area contributed by atoms with Crippen LogP contribution in [0, 0.1) is 11.3 Å². The molecule has 1 rings (SSSR count). The fourth-order valence-electron chi connectivity index (χ4n) is 2.44. The van der Waals surface area contributed by atoms with Crippen LogP contribution < -0.4 is 10.6 Å². The third kappa shape index (κ3) is 3.96. The van der Waals surface area contributed by atoms with Gasteiger partial charge in [-0.3, -0.25) is 4.79 Å². The largest absolute Gasteiger partial charge is 0.384 e. The zero-order chi connectivity index (χ0) is 12.7. The maximum Gasteiger partial charge on any atom is 0.226 e. The fraction of sp³-hybridized carbons (Fsp3) is 0.923. The molecule has 0 saturated carbocycles. The normalized spacial score (nSPS) is 20.9. The first-order valence-corrected chi connectivity index (χ1v) is 6.62. The highest BCUT2D eigenvalue weighted by Crippen LogP contribution is 2.32. The number of ether oxygens (including phenoxy) is 1. The summed E-state index contributed by atoms with van der Waals surface area (Å²) in [6.45, 7) is 7.51. The standard InChI is InChI=1S/C13H26N2O2/c1-4-13(5-7-14-8-6-13)12(16)15-9-11(2)10-17-3/h11,14H,4-10H2,1-3H3,(H,15,16). The van der Waals surface area contributed by atoms with Gasteiger partial charge in [-0.05, 0) is 38.3 Å². The summed E-state index contributed by atoms with van der Waals surface area (Å²) < 4.78 is 5.07. The van der Waals surface area contributed by atoms with Gasteiger partial charge in [0.05, 0.1) is 12.0 Å². The van der Waals surface area contributed by atoms with Crippen LogP contribution in [0.3, 0.4) is 0 Å². The van der Waals surface area contributed by atoms with Crippen molar-refractivity contribution in [1.82, 2.24) is 10.6 Å². The number of carbonyl (C=O) groups excluding carboxylic acids is 1. The zero-order valence-corrected chi connectivity index (χ0v) is 11.3. The molecule has 0 aliphatic carbocycles. The maximum atomic E-state index is 12.3. The first-order valence-electron chi connectivity index (χ1n) is 6.62. The summed E-state index contributed by atoms with van der Waals surface area (Å²) in [6, 6.07) is 0. The van der Waals surface area contributed by atoms with Crippen molar-refractivity contribution in [2.24, 2.45) is 11.3 Å². The minimum atomic E-state index is -0.141. The summed E-state index contributed by atoms with van der Waals surface area (Å²) in [4.78, 5) is 12.3. The molecule has 0 spiro atoms. The van der Waals surface area contributed by atoms with Gasteiger partial charge in [-0.15, -0.1) is 0 Å². The molecule has 1 amide bonds. The van der Waals surface area contributed by atoms with Crippen molar-refractivity contribution in [2.75, 3.05) is 33.4 Å². The molecular weight excluding hydrogens is 216 g/mol. The monoisotopic (exact) mass is 242 g/mol. The summed E-state index contributed by atoms with van der Waals surface area (Å²) in [5.41, 5.74) is -0.141. The van der Waals surface area contributed by atoms with Crippen molar-refractivity contribution in [2.45, 2.75) is 33.1 Å². The Morgan fingerprint density at radius 3 is 2.65 bits per heavy atom. The molecule has 4 nitrogen and oxygen atoms in total. The van der Waals surface area contributed by atoms with E-state index in [0.717, 1.165) is 32.4 Å². The second-order valence-corrected chi connectivity index (χ2v) is 5.15. The van der Waals surface area contributed by atoms with Crippen molar-refractivity contribution in [1.29, 1.82) is 0 Å². The molecule has 1 unspecified atom stereocenters. The lowest BCUT2D eigenvalue weighted by molar-refractivity contribution is -0.133. The molecule has 1 aliphatic heterocycles. The average molecular weight is 242 g/mol. The van der Waals surface area contributed by atoms with E-state index >= 15 is 0 Å². The number of nitrogens with one attached hydrogen (secondary N) is 2. The SMILES string of the molecule is CCC1(C(=O)NCC(C)COC)CCNCC1. The van der Waals surface area contributed by atoms with Gasteiger partial charge in [-0.2, -0.15) is 0 Å². The first kappa shape index (κ1) is 14.5. The Balaban J connectivity index is 2.43. The van der Waals surface area contributed by atoms with Crippen LogP contribution in [0.1, 0.15) is 33.1 Å². The van der Waals surface area contributed by atoms with E-state index in [0.29, 0.717) is 19.1 Å². The van der Waals surface area contributed by atoms with Crippen LogP contribution >= 0.6 is 0 Å². The topological polar surface area (TPSA) is 50.4 Å². The van der Waals surface area contributed by atoms with E-state index < -0.39 is 0 Å². The third-order valence-electron chi connectivity index (χ3n) is 3.78. The smallest absolute Gasteiger partial charge is 0.226 e. The Morgan fingerprint density at radius 2 is 2.12 bits per heavy atom. The van der Waals surface area contributed by atoms with E-state index in [1.54, 1.807) is 7.11 Å². The molecule has 1 fully saturated rings. The highest BCUT2D eigenvalue weighted by Gasteiger charge is 2.37. The van der Waals surface area contributed by atoms with E-state index in [1.807, 2.05) is 0 Å². The molecule has 0 aromatic rings. The number of rotatable bonds is 6. The predicted molar refractivity (Wildman–Crippen MR) is 68.9 cm³/mol. The number of amides is 1. The second kappa shape index (κ2) is 6.97. The molecule has 100 valence electrons. The first-order chi connectivity index (χ1) is 8.14. The summed E-state index contributed by atoms with van der Waals surface area (Å²) >= 11 is 0. The quantitative estimate of drug-likeness (QED) is 0.735. The van der Waals surface area contributed by atoms with Crippen molar-refractivity contribution < 1.29 is 9.53 Å². The molecule has 1 atom stereocenters. The summed E-state index contributed by atoms with van der Waals surface area (Å²) in [5, 5.41) is 6.40. The van der Waals surface area contributed by atoms with Crippen LogP contribution in [-0.2, 0) is 9.53 Å². The Labute approximate surface area is 104 Å². The minimum Gasteiger partial charge on any atom is -0.384 e. The van der Waals surface area contributed by atoms with Gasteiger partial charge in [-0.1, -0.05) is 13.8 Å². The van der Waals surface area contributed by atoms with Gasteiger partial charge < -0.3 is 15.4 Å². The molecule has 1 saturated heterocycles. The Bertz CT molecular complexity index is 238. The van der Waals surface area contributed by atoms with Gasteiger partial charge in [0.25, 0.3) is 0 Å². The number of hydrogen-bond donors (Lipinski definition) is 2. The lowest BCUT2D eigenvalue weighted by atomic mass is 9.76. The van der Waals surface area contributed by atoms with Gasteiger partial charge in [0.1, 0.15) is 0 Å². The van der Waals surface area contributed by atoms with Crippen LogP contribution in [-0.4, -0.2) is 39.3 Å². The Morgan fingerprint density at radius 1 is 1.47 bits per heavy atom. The number of methoxy groups -OCH3 is 1. The summed E-state index contributed by atoms with van der Waals surface area (Å²) in [5.74, 6) is 0.601. The fourth-order valence-corrected chi connectivity index (χ4v) is 2.44. The second-order valence-electron chi connectivity index (χ2n) is 5.15. The van der Waals surface area contributed by atoms with Crippen LogP contribution in [0.5, 0.6) is 0 Å². The van der Waals surface area contributed by atoms with Gasteiger partial charge in [0.2, 0.25) is 5.91 Å². The van der Waals surface area contributed by atoms with Crippen LogP contribution in [0.4, 0.5) is 0 Å². The van der Waals surface area contributed by atoms with Crippen molar-refractivity contribution in [3.63, 3.8) is 0 Å². The zero-order valence-electron chi connectivity index (χ0n) is 11.3. The highest BCUT2D eigenvalue weighted by molar-refractivity contribution is 5.82. The van der Waals surface area contributed by atoms with Crippen molar-refractivity contribution in [3.8, 4) is 0 Å². The molecular formula is C13H26N2O2. The highest BCUT2D eigenvalue weighted by atomic mass is 16.5. The lowest BCUT2D eigenvalue weighted by Gasteiger charge is -2.35. The molecule has 17 heavy (non-hydrogen) atoms. The van der Waals surface area contributed by atoms with Crippen LogP contribution in [0.2, 0.25) is 0 Å². The average Bonchev–Trinajstić information content (AvgIpc) is 2.37. The Kier molecular flexibility index (Phi) is 5.92. The van der Waals surface area contributed by atoms with Crippen LogP contribution in [0.15, 0.2) is 0 Å². The third-order valence-corrected chi connectivity index (χ3v) is 3.78. The molecule has 1 heterocycles. The maximum absolute atomic E-state index is 12.3. The predicted octanol–water partition coefficient (Wildman–Crippen LogP) is 1.16. The number of hydrogen-bond acceptors (Lipinski definition) is 3. The van der Waals surface area contributed by atoms with E-state index in [2.05, 4.69) is 24.5 Å². The molecule has 1 aliphatic rings. The summed E-state index contributed by atoms with van der Waals surface area (Å²) in [7, 11) is 1.69. The molecule has 0 radical (unpaired) electrons. The van der Waals surface area contributed by atoms with E-state index in [4.69, 9.17) is 4.74 Å². The van der Waals surface area contributed by atoms with Gasteiger partial charge >= 0.3 is 0 Å². The van der Waals surface area contributed by atoms with Crippen LogP contribution in [0.25, 0.3) is 0 Å². The molecule has 0 aromatic heterocycles. The molecule has 2 N–H and O–H groups in total. The van der Waals surface area contributed by atoms with E-state index in [9.17, 15) is 4.79 Å². The lowest BCUT2D eigenvalue weighted by Crippen LogP contribution is -2.48. The van der Waals surface area contributed by atoms with Gasteiger partial charge in [0.15, 0.2) is 0 Å². The van der Waals surface area contributed by atoms with E-state index in [-0.39, 0.29) is 11.3 Å². The number of piperidine rings is 1. The summed E-state index contributed by atoms with van der Waals surface area (Å²) in [6.07, 6.45) is 2.83.